The molecule has 0 aliphatic heterocycles. The van der Waals surface area contributed by atoms with Crippen molar-refractivity contribution < 1.29 is 9.13 Å². The zero-order valence-electron chi connectivity index (χ0n) is 8.85. The summed E-state index contributed by atoms with van der Waals surface area (Å²) in [5.74, 6) is -0.261. The van der Waals surface area contributed by atoms with Crippen LogP contribution in [-0.2, 0) is 0 Å². The van der Waals surface area contributed by atoms with Crippen molar-refractivity contribution in [2.45, 2.75) is 6.92 Å². The highest BCUT2D eigenvalue weighted by Gasteiger charge is 2.09. The first-order valence-corrected chi connectivity index (χ1v) is 4.92. The Morgan fingerprint density at radius 2 is 2.31 bits per heavy atom. The molecule has 0 unspecified atom stereocenters. The molecule has 0 spiro atoms. The molecule has 5 heteroatoms. The van der Waals surface area contributed by atoms with E-state index in [1.54, 1.807) is 36.3 Å². The van der Waals surface area contributed by atoms with E-state index in [9.17, 15) is 4.39 Å². The van der Waals surface area contributed by atoms with E-state index in [-0.39, 0.29) is 5.75 Å². The number of benzene rings is 1. The Kier molecular flexibility index (Phi) is 2.76. The van der Waals surface area contributed by atoms with E-state index < -0.39 is 5.82 Å². The van der Waals surface area contributed by atoms with Gasteiger partial charge in [0.05, 0.1) is 24.3 Å². The Balaban J connectivity index is 2.49. The number of hydrogen-bond acceptors (Lipinski definition) is 3. The van der Waals surface area contributed by atoms with E-state index in [1.165, 1.54) is 6.07 Å². The van der Waals surface area contributed by atoms with Gasteiger partial charge in [0.15, 0.2) is 11.6 Å². The van der Waals surface area contributed by atoms with Crippen LogP contribution in [0.4, 0.5) is 10.1 Å². The monoisotopic (exact) mass is 221 g/mol. The minimum Gasteiger partial charge on any atom is -0.491 e. The van der Waals surface area contributed by atoms with Crippen LogP contribution >= 0.6 is 0 Å². The minimum absolute atomic E-state index is 0.195. The lowest BCUT2D eigenvalue weighted by molar-refractivity contribution is 0.321. The molecule has 0 radical (unpaired) electrons. The number of halogens is 1. The molecule has 4 nitrogen and oxygen atoms in total. The number of nitrogens with zero attached hydrogens (tertiary/aromatic N) is 2. The molecule has 0 saturated heterocycles. The van der Waals surface area contributed by atoms with Crippen LogP contribution < -0.4 is 10.5 Å². The van der Waals surface area contributed by atoms with E-state index in [1.807, 2.05) is 0 Å². The number of nitrogens with two attached hydrogens (primary N) is 1. The van der Waals surface area contributed by atoms with Crippen molar-refractivity contribution in [3.63, 3.8) is 0 Å². The van der Waals surface area contributed by atoms with Crippen LogP contribution in [0.2, 0.25) is 0 Å². The van der Waals surface area contributed by atoms with Crippen molar-refractivity contribution in [2.75, 3.05) is 12.3 Å². The minimum atomic E-state index is -0.455. The number of rotatable bonds is 3. The Labute approximate surface area is 92.5 Å². The normalized spacial score (nSPS) is 10.4. The summed E-state index contributed by atoms with van der Waals surface area (Å²) in [5.41, 5.74) is 6.73. The molecule has 2 aromatic rings. The maximum absolute atomic E-state index is 13.4. The lowest BCUT2D eigenvalue weighted by Crippen LogP contribution is -2.02. The van der Waals surface area contributed by atoms with Crippen molar-refractivity contribution in [1.29, 1.82) is 0 Å². The highest BCUT2D eigenvalue weighted by molar-refractivity contribution is 5.61. The molecule has 1 aromatic carbocycles. The molecule has 2 rings (SSSR count). The van der Waals surface area contributed by atoms with Crippen molar-refractivity contribution >= 4 is 5.69 Å². The Bertz CT molecular complexity index is 482. The first kappa shape index (κ1) is 10.5. The molecule has 84 valence electrons. The molecular formula is C11H12FN3O. The molecule has 16 heavy (non-hydrogen) atoms. The van der Waals surface area contributed by atoms with E-state index in [2.05, 4.69) is 4.98 Å². The van der Waals surface area contributed by atoms with Gasteiger partial charge in [0.25, 0.3) is 0 Å². The molecule has 0 bridgehead atoms. The molecule has 0 atom stereocenters. The third-order valence-electron chi connectivity index (χ3n) is 2.16. The van der Waals surface area contributed by atoms with Crippen molar-refractivity contribution in [2.24, 2.45) is 0 Å². The molecule has 2 N–H and O–H groups in total. The van der Waals surface area contributed by atoms with Gasteiger partial charge in [-0.1, -0.05) is 0 Å². The summed E-state index contributed by atoms with van der Waals surface area (Å²) >= 11 is 0. The quantitative estimate of drug-likeness (QED) is 0.806. The SMILES string of the molecule is CCOc1cc(-n2ccnc2)c(N)cc1F. The summed E-state index contributed by atoms with van der Waals surface area (Å²) in [7, 11) is 0. The summed E-state index contributed by atoms with van der Waals surface area (Å²) in [4.78, 5) is 3.91. The van der Waals surface area contributed by atoms with E-state index >= 15 is 0 Å². The van der Waals surface area contributed by atoms with Gasteiger partial charge < -0.3 is 15.0 Å². The molecular weight excluding hydrogens is 209 g/mol. The highest BCUT2D eigenvalue weighted by atomic mass is 19.1. The van der Waals surface area contributed by atoms with Gasteiger partial charge in [-0.2, -0.15) is 0 Å². The van der Waals surface area contributed by atoms with Crippen LogP contribution in [0.25, 0.3) is 5.69 Å². The topological polar surface area (TPSA) is 53.1 Å². The second-order valence-electron chi connectivity index (χ2n) is 3.24. The molecule has 1 heterocycles. The van der Waals surface area contributed by atoms with Gasteiger partial charge in [0.1, 0.15) is 0 Å². The van der Waals surface area contributed by atoms with Crippen LogP contribution in [0, 0.1) is 5.82 Å². The van der Waals surface area contributed by atoms with Crippen molar-refractivity contribution in [3.8, 4) is 11.4 Å². The van der Waals surface area contributed by atoms with Crippen molar-refractivity contribution in [1.82, 2.24) is 9.55 Å². The third kappa shape index (κ3) is 1.84. The van der Waals surface area contributed by atoms with Gasteiger partial charge in [-0.3, -0.25) is 0 Å². The fourth-order valence-electron chi connectivity index (χ4n) is 1.45. The predicted molar refractivity (Wildman–Crippen MR) is 59.1 cm³/mol. The lowest BCUT2D eigenvalue weighted by atomic mass is 10.2. The summed E-state index contributed by atoms with van der Waals surface area (Å²) in [5, 5.41) is 0. The second kappa shape index (κ2) is 4.22. The van der Waals surface area contributed by atoms with Crippen LogP contribution in [0.5, 0.6) is 5.75 Å². The van der Waals surface area contributed by atoms with Gasteiger partial charge in [-0.05, 0) is 6.92 Å². The lowest BCUT2D eigenvalue weighted by Gasteiger charge is -2.10. The first-order valence-electron chi connectivity index (χ1n) is 4.92. The average molecular weight is 221 g/mol. The number of imidazole rings is 1. The largest absolute Gasteiger partial charge is 0.491 e. The standard InChI is InChI=1S/C11H12FN3O/c1-2-16-11-6-10(9(13)5-8(11)12)15-4-3-14-7-15/h3-7H,2,13H2,1H3. The van der Waals surface area contributed by atoms with E-state index in [0.29, 0.717) is 18.0 Å². The number of nitrogen functional groups attached to an aromatic ring is 1. The van der Waals surface area contributed by atoms with Crippen LogP contribution in [0.3, 0.4) is 0 Å². The average Bonchev–Trinajstić information content (AvgIpc) is 2.75. The van der Waals surface area contributed by atoms with Crippen LogP contribution in [0.1, 0.15) is 6.92 Å². The summed E-state index contributed by atoms with van der Waals surface area (Å²) in [6, 6.07) is 2.82. The Morgan fingerprint density at radius 1 is 1.50 bits per heavy atom. The van der Waals surface area contributed by atoms with Gasteiger partial charge >= 0.3 is 0 Å². The number of ether oxygens (including phenoxy) is 1. The number of anilines is 1. The smallest absolute Gasteiger partial charge is 0.167 e. The zero-order chi connectivity index (χ0) is 11.5. The van der Waals surface area contributed by atoms with Crippen LogP contribution in [0.15, 0.2) is 30.9 Å². The molecule has 1 aromatic heterocycles. The fourth-order valence-corrected chi connectivity index (χ4v) is 1.45. The Hall–Kier alpha value is -2.04. The molecule has 0 aliphatic carbocycles. The third-order valence-corrected chi connectivity index (χ3v) is 2.16. The highest BCUT2D eigenvalue weighted by Crippen LogP contribution is 2.26. The van der Waals surface area contributed by atoms with E-state index in [0.717, 1.165) is 0 Å². The molecule has 0 aliphatic rings. The van der Waals surface area contributed by atoms with Crippen molar-refractivity contribution in [3.05, 3.63) is 36.7 Å². The Morgan fingerprint density at radius 3 is 2.94 bits per heavy atom. The maximum Gasteiger partial charge on any atom is 0.167 e. The van der Waals surface area contributed by atoms with E-state index in [4.69, 9.17) is 10.5 Å². The van der Waals surface area contributed by atoms with Gasteiger partial charge in [-0.15, -0.1) is 0 Å². The molecule has 0 fully saturated rings. The second-order valence-corrected chi connectivity index (χ2v) is 3.24. The zero-order valence-corrected chi connectivity index (χ0v) is 8.85. The number of hydrogen-bond donors (Lipinski definition) is 1. The summed E-state index contributed by atoms with van der Waals surface area (Å²) in [6.07, 6.45) is 4.96. The molecule has 0 amide bonds. The van der Waals surface area contributed by atoms with Crippen LogP contribution in [-0.4, -0.2) is 16.2 Å². The first-order chi connectivity index (χ1) is 7.72. The summed E-state index contributed by atoms with van der Waals surface area (Å²) in [6.45, 7) is 2.21. The van der Waals surface area contributed by atoms with Gasteiger partial charge in [0.2, 0.25) is 0 Å². The summed E-state index contributed by atoms with van der Waals surface area (Å²) < 4.78 is 20.3. The van der Waals surface area contributed by atoms with Gasteiger partial charge in [0, 0.05) is 24.5 Å². The number of aromatic nitrogens is 2. The van der Waals surface area contributed by atoms with Gasteiger partial charge in [-0.25, -0.2) is 9.37 Å². The molecule has 0 saturated carbocycles. The predicted octanol–water partition coefficient (Wildman–Crippen LogP) is 1.99. The fraction of sp³-hybridized carbons (Fsp3) is 0.182. The maximum atomic E-state index is 13.4.